The summed E-state index contributed by atoms with van der Waals surface area (Å²) in [6, 6.07) is 7.84. The van der Waals surface area contributed by atoms with Crippen LogP contribution >= 0.6 is 15.9 Å². The number of aromatic nitrogens is 1. The summed E-state index contributed by atoms with van der Waals surface area (Å²) in [5.74, 6) is -0.408. The van der Waals surface area contributed by atoms with Crippen LogP contribution < -0.4 is 10.9 Å². The van der Waals surface area contributed by atoms with Crippen molar-refractivity contribution in [3.8, 4) is 0 Å². The second kappa shape index (κ2) is 7.95. The molecule has 1 aliphatic rings. The molecule has 1 fully saturated rings. The molecule has 0 aliphatic carbocycles. The molecule has 1 aliphatic heterocycles. The fourth-order valence-electron chi connectivity index (χ4n) is 2.94. The van der Waals surface area contributed by atoms with Crippen molar-refractivity contribution in [2.75, 3.05) is 18.4 Å². The molecule has 1 aromatic carbocycles. The van der Waals surface area contributed by atoms with E-state index >= 15 is 0 Å². The molecule has 0 unspecified atom stereocenters. The third-order valence-electron chi connectivity index (χ3n) is 4.41. The van der Waals surface area contributed by atoms with Gasteiger partial charge in [0.05, 0.1) is 4.90 Å². The van der Waals surface area contributed by atoms with E-state index in [9.17, 15) is 18.0 Å². The van der Waals surface area contributed by atoms with Gasteiger partial charge in [-0.1, -0.05) is 15.9 Å². The highest BCUT2D eigenvalue weighted by molar-refractivity contribution is 9.10. The summed E-state index contributed by atoms with van der Waals surface area (Å²) in [5, 5.41) is 2.72. The SMILES string of the molecule is Cc1cc(NC(=O)Cn2cc(S(=O)(=O)N3CCCC3)ccc2=O)ccc1Br. The molecule has 9 heteroatoms. The van der Waals surface area contributed by atoms with E-state index in [-0.39, 0.29) is 11.4 Å². The molecule has 2 heterocycles. The van der Waals surface area contributed by atoms with Crippen molar-refractivity contribution in [3.63, 3.8) is 0 Å². The number of carbonyl (C=O) groups is 1. The smallest absolute Gasteiger partial charge is 0.251 e. The lowest BCUT2D eigenvalue weighted by Crippen LogP contribution is -2.31. The van der Waals surface area contributed by atoms with E-state index in [0.717, 1.165) is 27.4 Å². The number of anilines is 1. The third-order valence-corrected chi connectivity index (χ3v) is 7.19. The topological polar surface area (TPSA) is 88.5 Å². The molecule has 144 valence electrons. The normalized spacial score (nSPS) is 15.0. The van der Waals surface area contributed by atoms with E-state index in [1.807, 2.05) is 13.0 Å². The van der Waals surface area contributed by atoms with Gasteiger partial charge in [0.2, 0.25) is 15.9 Å². The van der Waals surface area contributed by atoms with Gasteiger partial charge >= 0.3 is 0 Å². The van der Waals surface area contributed by atoms with Crippen LogP contribution in [0.3, 0.4) is 0 Å². The van der Waals surface area contributed by atoms with Gasteiger partial charge in [0.1, 0.15) is 6.54 Å². The van der Waals surface area contributed by atoms with E-state index in [1.54, 1.807) is 12.1 Å². The number of hydrogen-bond acceptors (Lipinski definition) is 4. The number of rotatable bonds is 5. The van der Waals surface area contributed by atoms with Crippen LogP contribution in [0.5, 0.6) is 0 Å². The van der Waals surface area contributed by atoms with Crippen molar-refractivity contribution >= 4 is 37.5 Å². The highest BCUT2D eigenvalue weighted by Gasteiger charge is 2.27. The zero-order chi connectivity index (χ0) is 19.6. The predicted octanol–water partition coefficient (Wildman–Crippen LogP) is 2.34. The number of hydrogen-bond donors (Lipinski definition) is 1. The zero-order valence-corrected chi connectivity index (χ0v) is 17.2. The highest BCUT2D eigenvalue weighted by Crippen LogP contribution is 2.21. The van der Waals surface area contributed by atoms with Gasteiger partial charge in [0.25, 0.3) is 5.56 Å². The summed E-state index contributed by atoms with van der Waals surface area (Å²) in [6.45, 7) is 2.59. The molecule has 0 saturated carbocycles. The maximum Gasteiger partial charge on any atom is 0.251 e. The second-order valence-corrected chi connectivity index (χ2v) is 9.25. The molecule has 2 aromatic rings. The Kier molecular flexibility index (Phi) is 5.83. The van der Waals surface area contributed by atoms with E-state index in [4.69, 9.17) is 0 Å². The number of pyridine rings is 1. The lowest BCUT2D eigenvalue weighted by molar-refractivity contribution is -0.116. The molecule has 0 bridgehead atoms. The number of amides is 1. The zero-order valence-electron chi connectivity index (χ0n) is 14.8. The number of nitrogens with zero attached hydrogens (tertiary/aromatic N) is 2. The van der Waals surface area contributed by atoms with Gasteiger partial charge in [0.15, 0.2) is 0 Å². The Morgan fingerprint density at radius 3 is 2.56 bits per heavy atom. The van der Waals surface area contributed by atoms with Crippen LogP contribution in [-0.2, 0) is 21.4 Å². The summed E-state index contributed by atoms with van der Waals surface area (Å²) in [6.07, 6.45) is 2.89. The summed E-state index contributed by atoms with van der Waals surface area (Å²) in [5.41, 5.74) is 1.13. The Hall–Kier alpha value is -1.97. The first kappa shape index (κ1) is 19.8. The molecule has 0 spiro atoms. The number of aryl methyl sites for hydroxylation is 1. The first-order valence-electron chi connectivity index (χ1n) is 8.54. The monoisotopic (exact) mass is 453 g/mol. The van der Waals surface area contributed by atoms with Gasteiger partial charge in [0, 0.05) is 35.5 Å². The number of sulfonamides is 1. The third kappa shape index (κ3) is 4.48. The Balaban J connectivity index is 1.79. The Morgan fingerprint density at radius 1 is 1.19 bits per heavy atom. The van der Waals surface area contributed by atoms with Gasteiger partial charge in [-0.25, -0.2) is 8.42 Å². The summed E-state index contributed by atoms with van der Waals surface area (Å²) >= 11 is 3.39. The standard InChI is InChI=1S/C18H20BrN3O4S/c1-13-10-14(4-6-16(13)19)20-17(23)12-21-11-15(5-7-18(21)24)27(25,26)22-8-2-3-9-22/h4-7,10-11H,2-3,8-9,12H2,1H3,(H,20,23). The Morgan fingerprint density at radius 2 is 1.89 bits per heavy atom. The van der Waals surface area contributed by atoms with Crippen LogP contribution in [0, 0.1) is 6.92 Å². The molecular weight excluding hydrogens is 434 g/mol. The minimum atomic E-state index is -3.65. The van der Waals surface area contributed by atoms with Crippen molar-refractivity contribution < 1.29 is 13.2 Å². The molecule has 1 saturated heterocycles. The van der Waals surface area contributed by atoms with E-state index in [1.165, 1.54) is 22.6 Å². The van der Waals surface area contributed by atoms with Crippen LogP contribution in [0.15, 0.2) is 50.7 Å². The second-order valence-electron chi connectivity index (χ2n) is 6.45. The fraction of sp³-hybridized carbons (Fsp3) is 0.333. The lowest BCUT2D eigenvalue weighted by Gasteiger charge is -2.16. The van der Waals surface area contributed by atoms with E-state index < -0.39 is 21.5 Å². The van der Waals surface area contributed by atoms with Crippen molar-refractivity contribution in [2.24, 2.45) is 0 Å². The van der Waals surface area contributed by atoms with Crippen molar-refractivity contribution in [1.29, 1.82) is 0 Å². The van der Waals surface area contributed by atoms with Gasteiger partial charge in [-0.05, 0) is 49.6 Å². The number of carbonyl (C=O) groups excluding carboxylic acids is 1. The minimum Gasteiger partial charge on any atom is -0.325 e. The molecule has 7 nitrogen and oxygen atoms in total. The summed E-state index contributed by atoms with van der Waals surface area (Å²) in [7, 11) is -3.65. The summed E-state index contributed by atoms with van der Waals surface area (Å²) < 4.78 is 28.7. The van der Waals surface area contributed by atoms with Crippen molar-refractivity contribution in [3.05, 3.63) is 56.9 Å². The Bertz CT molecular complexity index is 1030. The van der Waals surface area contributed by atoms with Gasteiger partial charge < -0.3 is 9.88 Å². The molecule has 27 heavy (non-hydrogen) atoms. The first-order chi connectivity index (χ1) is 12.8. The largest absolute Gasteiger partial charge is 0.325 e. The molecular formula is C18H20BrN3O4S. The predicted molar refractivity (Wildman–Crippen MR) is 106 cm³/mol. The van der Waals surface area contributed by atoms with Crippen LogP contribution in [0.1, 0.15) is 18.4 Å². The maximum atomic E-state index is 12.6. The molecule has 3 rings (SSSR count). The molecule has 0 atom stereocenters. The highest BCUT2D eigenvalue weighted by atomic mass is 79.9. The first-order valence-corrected chi connectivity index (χ1v) is 10.8. The van der Waals surface area contributed by atoms with E-state index in [2.05, 4.69) is 21.2 Å². The fourth-order valence-corrected chi connectivity index (χ4v) is 4.72. The number of nitrogens with one attached hydrogen (secondary N) is 1. The van der Waals surface area contributed by atoms with Crippen LogP contribution in [0.4, 0.5) is 5.69 Å². The van der Waals surface area contributed by atoms with Crippen molar-refractivity contribution in [2.45, 2.75) is 31.2 Å². The summed E-state index contributed by atoms with van der Waals surface area (Å²) in [4.78, 5) is 24.4. The average Bonchev–Trinajstić information content (AvgIpc) is 3.15. The minimum absolute atomic E-state index is 0.0243. The van der Waals surface area contributed by atoms with E-state index in [0.29, 0.717) is 18.8 Å². The average molecular weight is 454 g/mol. The Labute approximate surface area is 166 Å². The molecule has 0 radical (unpaired) electrons. The molecule has 1 amide bonds. The molecule has 1 N–H and O–H groups in total. The van der Waals surface area contributed by atoms with Gasteiger partial charge in [-0.2, -0.15) is 4.31 Å². The lowest BCUT2D eigenvalue weighted by atomic mass is 10.2. The number of benzene rings is 1. The van der Waals surface area contributed by atoms with Crippen LogP contribution in [-0.4, -0.2) is 36.3 Å². The van der Waals surface area contributed by atoms with Crippen LogP contribution in [0.2, 0.25) is 0 Å². The number of halogens is 1. The maximum absolute atomic E-state index is 12.6. The van der Waals surface area contributed by atoms with Gasteiger partial charge in [-0.15, -0.1) is 0 Å². The molecule has 1 aromatic heterocycles. The quantitative estimate of drug-likeness (QED) is 0.752. The van der Waals surface area contributed by atoms with Gasteiger partial charge in [-0.3, -0.25) is 9.59 Å². The van der Waals surface area contributed by atoms with Crippen molar-refractivity contribution in [1.82, 2.24) is 8.87 Å². The van der Waals surface area contributed by atoms with Crippen LogP contribution in [0.25, 0.3) is 0 Å².